The Hall–Kier alpha value is -3.06. The lowest BCUT2D eigenvalue weighted by Gasteiger charge is -2.41. The third-order valence-electron chi connectivity index (χ3n) is 6.83. The maximum absolute atomic E-state index is 12.6. The number of methoxy groups -OCH3 is 2. The summed E-state index contributed by atoms with van der Waals surface area (Å²) in [7, 11) is 3.25. The minimum Gasteiger partial charge on any atom is -0.497 e. The van der Waals surface area contributed by atoms with E-state index in [0.717, 1.165) is 54.0 Å². The van der Waals surface area contributed by atoms with Gasteiger partial charge in [0.2, 0.25) is 11.8 Å². The largest absolute Gasteiger partial charge is 0.497 e. The summed E-state index contributed by atoms with van der Waals surface area (Å²) in [5.74, 6) is 2.05. The van der Waals surface area contributed by atoms with Crippen LogP contribution in [-0.4, -0.2) is 32.1 Å². The smallest absolute Gasteiger partial charge is 0.237 e. The second-order valence-electron chi connectivity index (χ2n) is 8.93. The average Bonchev–Trinajstić information content (AvgIpc) is 2.84. The molecular formula is C26H33N3O4. The van der Waals surface area contributed by atoms with Crippen LogP contribution in [0, 0.1) is 11.8 Å². The molecule has 2 aliphatic rings. The summed E-state index contributed by atoms with van der Waals surface area (Å²) < 4.78 is 10.7. The Labute approximate surface area is 195 Å². The van der Waals surface area contributed by atoms with Crippen LogP contribution in [-0.2, 0) is 22.4 Å². The molecule has 1 heterocycles. The zero-order chi connectivity index (χ0) is 23.2. The first kappa shape index (κ1) is 23.1. The van der Waals surface area contributed by atoms with E-state index in [0.29, 0.717) is 18.8 Å². The van der Waals surface area contributed by atoms with Gasteiger partial charge in [-0.1, -0.05) is 25.0 Å². The fourth-order valence-electron chi connectivity index (χ4n) is 5.11. The number of aryl methyl sites for hydroxylation is 1. The van der Waals surface area contributed by atoms with E-state index in [4.69, 9.17) is 9.47 Å². The van der Waals surface area contributed by atoms with Crippen LogP contribution in [0.1, 0.15) is 43.2 Å². The van der Waals surface area contributed by atoms with Gasteiger partial charge in [0.15, 0.2) is 0 Å². The molecule has 2 fully saturated rings. The number of hydrogen-bond acceptors (Lipinski definition) is 5. The van der Waals surface area contributed by atoms with Gasteiger partial charge in [0.25, 0.3) is 0 Å². The first-order valence-electron chi connectivity index (χ1n) is 11.7. The van der Waals surface area contributed by atoms with Gasteiger partial charge in [-0.05, 0) is 73.1 Å². The van der Waals surface area contributed by atoms with Gasteiger partial charge < -0.3 is 14.8 Å². The van der Waals surface area contributed by atoms with E-state index < -0.39 is 0 Å². The highest BCUT2D eigenvalue weighted by Gasteiger charge is 2.39. The van der Waals surface area contributed by atoms with Gasteiger partial charge in [0, 0.05) is 24.1 Å². The van der Waals surface area contributed by atoms with Crippen LogP contribution in [0.4, 0.5) is 5.69 Å². The van der Waals surface area contributed by atoms with Crippen LogP contribution in [0.25, 0.3) is 0 Å². The van der Waals surface area contributed by atoms with Crippen molar-refractivity contribution < 1.29 is 19.1 Å². The van der Waals surface area contributed by atoms with Gasteiger partial charge in [-0.2, -0.15) is 0 Å². The molecule has 2 aromatic rings. The molecule has 0 aromatic heterocycles. The lowest BCUT2D eigenvalue weighted by molar-refractivity contribution is -0.133. The molecule has 2 amide bonds. The SMILES string of the molecule is COc1ccc(OC)c(CCC(=O)Nc2cccc(CC3NNC(=O)C4CCCCC34)c2)c1. The van der Waals surface area contributed by atoms with Gasteiger partial charge in [-0.25, -0.2) is 5.43 Å². The molecule has 7 nitrogen and oxygen atoms in total. The highest BCUT2D eigenvalue weighted by molar-refractivity contribution is 5.91. The molecule has 0 bridgehead atoms. The number of carbonyl (C=O) groups is 2. The minimum absolute atomic E-state index is 0.0487. The molecule has 176 valence electrons. The third-order valence-corrected chi connectivity index (χ3v) is 6.83. The Morgan fingerprint density at radius 3 is 2.76 bits per heavy atom. The van der Waals surface area contributed by atoms with Gasteiger partial charge in [0.05, 0.1) is 14.2 Å². The number of fused-ring (bicyclic) bond motifs is 1. The third kappa shape index (κ3) is 5.66. The Bertz CT molecular complexity index is 993. The number of anilines is 1. The van der Waals surface area contributed by atoms with E-state index in [-0.39, 0.29) is 23.8 Å². The summed E-state index contributed by atoms with van der Waals surface area (Å²) in [4.78, 5) is 24.8. The summed E-state index contributed by atoms with van der Waals surface area (Å²) >= 11 is 0. The van der Waals surface area contributed by atoms with Crippen molar-refractivity contribution in [3.63, 3.8) is 0 Å². The predicted octanol–water partition coefficient (Wildman–Crippen LogP) is 3.63. The lowest BCUT2D eigenvalue weighted by atomic mass is 9.72. The molecule has 7 heteroatoms. The van der Waals surface area contributed by atoms with Gasteiger partial charge in [-0.15, -0.1) is 0 Å². The molecule has 1 aliphatic carbocycles. The number of benzene rings is 2. The standard InChI is InChI=1S/C26H33N3O4/c1-32-20-11-12-24(33-2)18(16-20)10-13-25(30)27-19-7-5-6-17(14-19)15-23-21-8-3-4-9-22(21)26(31)29-28-23/h5-7,11-12,14,16,21-23,28H,3-4,8-10,13,15H2,1-2H3,(H,27,30)(H,29,31). The molecule has 1 saturated carbocycles. The Kier molecular flexibility index (Phi) is 7.50. The number of ether oxygens (including phenoxy) is 2. The van der Waals surface area contributed by atoms with E-state index in [1.54, 1.807) is 14.2 Å². The van der Waals surface area contributed by atoms with Crippen LogP contribution in [0.5, 0.6) is 11.5 Å². The van der Waals surface area contributed by atoms with Crippen molar-refractivity contribution >= 4 is 17.5 Å². The number of nitrogens with one attached hydrogen (secondary N) is 3. The second kappa shape index (κ2) is 10.7. The summed E-state index contributed by atoms with van der Waals surface area (Å²) in [6.45, 7) is 0. The van der Waals surface area contributed by atoms with Crippen molar-refractivity contribution in [1.29, 1.82) is 0 Å². The first-order chi connectivity index (χ1) is 16.1. The minimum atomic E-state index is -0.0487. The summed E-state index contributed by atoms with van der Waals surface area (Å²) in [6, 6.07) is 13.8. The van der Waals surface area contributed by atoms with Crippen molar-refractivity contribution in [2.24, 2.45) is 11.8 Å². The van der Waals surface area contributed by atoms with Crippen LogP contribution in [0.2, 0.25) is 0 Å². The molecule has 4 rings (SSSR count). The molecule has 1 aliphatic heterocycles. The number of hydrogen-bond donors (Lipinski definition) is 3. The zero-order valence-corrected chi connectivity index (χ0v) is 19.4. The first-order valence-corrected chi connectivity index (χ1v) is 11.7. The van der Waals surface area contributed by atoms with Gasteiger partial charge >= 0.3 is 0 Å². The summed E-state index contributed by atoms with van der Waals surface area (Å²) in [6.07, 6.45) is 6.08. The van der Waals surface area contributed by atoms with E-state index in [1.165, 1.54) is 6.42 Å². The Morgan fingerprint density at radius 1 is 1.09 bits per heavy atom. The number of hydrazine groups is 1. The van der Waals surface area contributed by atoms with E-state index in [2.05, 4.69) is 22.2 Å². The lowest BCUT2D eigenvalue weighted by Crippen LogP contribution is -2.60. The Balaban J connectivity index is 1.35. The fraction of sp³-hybridized carbons (Fsp3) is 0.462. The fourth-order valence-corrected chi connectivity index (χ4v) is 5.11. The van der Waals surface area contributed by atoms with Crippen LogP contribution < -0.4 is 25.6 Å². The van der Waals surface area contributed by atoms with E-state index in [9.17, 15) is 9.59 Å². The van der Waals surface area contributed by atoms with Crippen molar-refractivity contribution in [3.8, 4) is 11.5 Å². The predicted molar refractivity (Wildman–Crippen MR) is 127 cm³/mol. The molecule has 0 radical (unpaired) electrons. The topological polar surface area (TPSA) is 88.7 Å². The van der Waals surface area contributed by atoms with Gasteiger partial charge in [-0.3, -0.25) is 15.0 Å². The monoisotopic (exact) mass is 451 g/mol. The van der Waals surface area contributed by atoms with Crippen LogP contribution in [0.15, 0.2) is 42.5 Å². The quantitative estimate of drug-likeness (QED) is 0.570. The Morgan fingerprint density at radius 2 is 1.94 bits per heavy atom. The molecule has 1 saturated heterocycles. The molecule has 3 unspecified atom stereocenters. The molecule has 0 spiro atoms. The van der Waals surface area contributed by atoms with Crippen molar-refractivity contribution in [2.45, 2.75) is 51.0 Å². The molecule has 3 N–H and O–H groups in total. The van der Waals surface area contributed by atoms with Crippen molar-refractivity contribution in [3.05, 3.63) is 53.6 Å². The number of amides is 2. The van der Waals surface area contributed by atoms with Crippen molar-refractivity contribution in [2.75, 3.05) is 19.5 Å². The zero-order valence-electron chi connectivity index (χ0n) is 19.4. The van der Waals surface area contributed by atoms with Crippen LogP contribution in [0.3, 0.4) is 0 Å². The normalized spacial score (nSPS) is 22.1. The van der Waals surface area contributed by atoms with E-state index in [1.807, 2.05) is 36.4 Å². The number of rotatable bonds is 8. The highest BCUT2D eigenvalue weighted by Crippen LogP contribution is 2.35. The maximum Gasteiger partial charge on any atom is 0.237 e. The second-order valence-corrected chi connectivity index (χ2v) is 8.93. The van der Waals surface area contributed by atoms with Gasteiger partial charge in [0.1, 0.15) is 11.5 Å². The van der Waals surface area contributed by atoms with E-state index >= 15 is 0 Å². The number of carbonyl (C=O) groups excluding carboxylic acids is 2. The molecule has 33 heavy (non-hydrogen) atoms. The maximum atomic E-state index is 12.6. The summed E-state index contributed by atoms with van der Waals surface area (Å²) in [5, 5.41) is 3.02. The highest BCUT2D eigenvalue weighted by atomic mass is 16.5. The van der Waals surface area contributed by atoms with Crippen molar-refractivity contribution in [1.82, 2.24) is 10.9 Å². The molecule has 3 atom stereocenters. The average molecular weight is 452 g/mol. The molecule has 2 aromatic carbocycles. The molecular weight excluding hydrogens is 418 g/mol. The summed E-state index contributed by atoms with van der Waals surface area (Å²) in [5.41, 5.74) is 8.96. The van der Waals surface area contributed by atoms with Crippen LogP contribution >= 0.6 is 0 Å².